The quantitative estimate of drug-likeness (QED) is 0.637. The molecular formula is C22H25ClN4O. The van der Waals surface area contributed by atoms with E-state index in [1.807, 2.05) is 36.4 Å². The van der Waals surface area contributed by atoms with Gasteiger partial charge in [-0.15, -0.1) is 10.2 Å². The van der Waals surface area contributed by atoms with Crippen molar-refractivity contribution in [3.8, 4) is 5.75 Å². The summed E-state index contributed by atoms with van der Waals surface area (Å²) >= 11 is 6.20. The molecule has 1 aliphatic rings. The van der Waals surface area contributed by atoms with E-state index >= 15 is 0 Å². The van der Waals surface area contributed by atoms with Crippen LogP contribution in [0.1, 0.15) is 42.0 Å². The van der Waals surface area contributed by atoms with Crippen LogP contribution in [0, 0.1) is 0 Å². The predicted octanol–water partition coefficient (Wildman–Crippen LogP) is 4.53. The number of rotatable bonds is 7. The average Bonchev–Trinajstić information content (AvgIpc) is 2.94. The zero-order valence-corrected chi connectivity index (χ0v) is 16.7. The van der Waals surface area contributed by atoms with Crippen molar-refractivity contribution in [2.24, 2.45) is 0 Å². The number of nitrogens with zero attached hydrogens (tertiary/aromatic N) is 3. The first-order chi connectivity index (χ1) is 13.8. The summed E-state index contributed by atoms with van der Waals surface area (Å²) in [7, 11) is 0. The summed E-state index contributed by atoms with van der Waals surface area (Å²) in [5.41, 5.74) is 2.16. The first kappa shape index (κ1) is 19.0. The van der Waals surface area contributed by atoms with Crippen molar-refractivity contribution in [1.29, 1.82) is 0 Å². The van der Waals surface area contributed by atoms with E-state index in [0.717, 1.165) is 54.0 Å². The molecule has 0 saturated heterocycles. The molecule has 0 atom stereocenters. The minimum atomic E-state index is 0.461. The summed E-state index contributed by atoms with van der Waals surface area (Å²) < 4.78 is 8.20. The summed E-state index contributed by atoms with van der Waals surface area (Å²) in [5, 5.41) is 12.9. The first-order valence-corrected chi connectivity index (χ1v) is 10.2. The van der Waals surface area contributed by atoms with Crippen molar-refractivity contribution in [3.05, 3.63) is 76.3 Å². The molecule has 4 rings (SSSR count). The molecule has 0 fully saturated rings. The zero-order valence-electron chi connectivity index (χ0n) is 15.9. The molecule has 3 aromatic rings. The maximum absolute atomic E-state index is 6.20. The number of aromatic nitrogens is 3. The second kappa shape index (κ2) is 9.22. The maximum Gasteiger partial charge on any atom is 0.147 e. The molecule has 0 aliphatic carbocycles. The summed E-state index contributed by atoms with van der Waals surface area (Å²) in [6, 6.07) is 15.9. The third-order valence-corrected chi connectivity index (χ3v) is 5.42. The highest BCUT2D eigenvalue weighted by Crippen LogP contribution is 2.20. The lowest BCUT2D eigenvalue weighted by Crippen LogP contribution is -2.17. The Morgan fingerprint density at radius 3 is 2.86 bits per heavy atom. The van der Waals surface area contributed by atoms with E-state index in [-0.39, 0.29) is 0 Å². The van der Waals surface area contributed by atoms with Crippen LogP contribution in [-0.2, 0) is 32.7 Å². The number of ether oxygens (including phenoxy) is 1. The number of halogens is 1. The number of hydrogen-bond donors (Lipinski definition) is 1. The van der Waals surface area contributed by atoms with Gasteiger partial charge in [-0.2, -0.15) is 0 Å². The Bertz CT molecular complexity index is 924. The largest absolute Gasteiger partial charge is 0.489 e. The second-order valence-electron chi connectivity index (χ2n) is 7.13. The smallest absolute Gasteiger partial charge is 0.147 e. The fourth-order valence-corrected chi connectivity index (χ4v) is 3.71. The van der Waals surface area contributed by atoms with Gasteiger partial charge in [0.05, 0.1) is 6.54 Å². The number of hydrogen-bond acceptors (Lipinski definition) is 4. The summed E-state index contributed by atoms with van der Waals surface area (Å²) in [6.07, 6.45) is 4.74. The lowest BCUT2D eigenvalue weighted by molar-refractivity contribution is 0.306. The molecule has 1 aromatic heterocycles. The Kier molecular flexibility index (Phi) is 6.24. The van der Waals surface area contributed by atoms with Gasteiger partial charge < -0.3 is 14.6 Å². The number of benzene rings is 2. The molecule has 2 aromatic carbocycles. The first-order valence-electron chi connectivity index (χ1n) is 9.86. The summed E-state index contributed by atoms with van der Waals surface area (Å²) in [5.74, 6) is 3.00. The fourth-order valence-electron chi connectivity index (χ4n) is 3.52. The van der Waals surface area contributed by atoms with Gasteiger partial charge in [-0.05, 0) is 36.6 Å². The Morgan fingerprint density at radius 1 is 1.00 bits per heavy atom. The Hall–Kier alpha value is -2.37. The van der Waals surface area contributed by atoms with Gasteiger partial charge in [-0.1, -0.05) is 48.4 Å². The molecule has 0 amide bonds. The number of fused-ring (bicyclic) bond motifs is 1. The lowest BCUT2D eigenvalue weighted by Gasteiger charge is -2.10. The SMILES string of the molecule is Clc1ccccc1COc1cccc(CNCc2nnc3n2CCCCC3)c1. The standard InChI is InChI=1S/C22H25ClN4O/c23-20-10-4-3-8-18(20)16-28-19-9-6-7-17(13-19)14-24-15-22-26-25-21-11-2-1-5-12-27(21)22/h3-4,6-10,13,24H,1-2,5,11-12,14-16H2. The molecular weight excluding hydrogens is 372 g/mol. The highest BCUT2D eigenvalue weighted by Gasteiger charge is 2.14. The van der Waals surface area contributed by atoms with Gasteiger partial charge in [-0.25, -0.2) is 0 Å². The van der Waals surface area contributed by atoms with Crippen LogP contribution >= 0.6 is 11.6 Å². The molecule has 6 heteroatoms. The van der Waals surface area contributed by atoms with Crippen LogP contribution in [0.2, 0.25) is 5.02 Å². The molecule has 28 heavy (non-hydrogen) atoms. The van der Waals surface area contributed by atoms with Gasteiger partial charge >= 0.3 is 0 Å². The second-order valence-corrected chi connectivity index (χ2v) is 7.53. The van der Waals surface area contributed by atoms with Crippen LogP contribution in [-0.4, -0.2) is 14.8 Å². The van der Waals surface area contributed by atoms with Crippen molar-refractivity contribution in [3.63, 3.8) is 0 Å². The van der Waals surface area contributed by atoms with E-state index in [2.05, 4.69) is 32.2 Å². The molecule has 0 saturated carbocycles. The van der Waals surface area contributed by atoms with Gasteiger partial charge in [0.15, 0.2) is 0 Å². The molecule has 5 nitrogen and oxygen atoms in total. The third-order valence-electron chi connectivity index (χ3n) is 5.05. The van der Waals surface area contributed by atoms with E-state index in [9.17, 15) is 0 Å². The Labute approximate surface area is 170 Å². The molecule has 0 unspecified atom stereocenters. The summed E-state index contributed by atoms with van der Waals surface area (Å²) in [6.45, 7) is 2.97. The normalized spacial score (nSPS) is 13.8. The molecule has 0 bridgehead atoms. The highest BCUT2D eigenvalue weighted by molar-refractivity contribution is 6.31. The van der Waals surface area contributed by atoms with Gasteiger partial charge in [0.25, 0.3) is 0 Å². The van der Waals surface area contributed by atoms with Gasteiger partial charge in [0.2, 0.25) is 0 Å². The van der Waals surface area contributed by atoms with Gasteiger partial charge in [-0.3, -0.25) is 0 Å². The van der Waals surface area contributed by atoms with Crippen LogP contribution in [0.3, 0.4) is 0 Å². The van der Waals surface area contributed by atoms with Crippen LogP contribution < -0.4 is 10.1 Å². The molecule has 146 valence electrons. The highest BCUT2D eigenvalue weighted by atomic mass is 35.5. The topological polar surface area (TPSA) is 52.0 Å². The maximum atomic E-state index is 6.20. The minimum absolute atomic E-state index is 0.461. The Balaban J connectivity index is 1.32. The average molecular weight is 397 g/mol. The van der Waals surface area contributed by atoms with Crippen molar-refractivity contribution in [2.45, 2.75) is 51.9 Å². The monoisotopic (exact) mass is 396 g/mol. The van der Waals surface area contributed by atoms with Crippen molar-refractivity contribution >= 4 is 11.6 Å². The molecule has 1 N–H and O–H groups in total. The van der Waals surface area contributed by atoms with Crippen molar-refractivity contribution in [1.82, 2.24) is 20.1 Å². The van der Waals surface area contributed by atoms with E-state index in [4.69, 9.17) is 16.3 Å². The van der Waals surface area contributed by atoms with Crippen LogP contribution in [0.5, 0.6) is 5.75 Å². The van der Waals surface area contributed by atoms with E-state index in [0.29, 0.717) is 6.61 Å². The zero-order chi connectivity index (χ0) is 19.2. The van der Waals surface area contributed by atoms with Gasteiger partial charge in [0, 0.05) is 30.1 Å². The third kappa shape index (κ3) is 4.72. The summed E-state index contributed by atoms with van der Waals surface area (Å²) in [4.78, 5) is 0. The lowest BCUT2D eigenvalue weighted by atomic mass is 10.2. The van der Waals surface area contributed by atoms with Crippen LogP contribution in [0.25, 0.3) is 0 Å². The molecule has 0 radical (unpaired) electrons. The van der Waals surface area contributed by atoms with E-state index in [1.165, 1.54) is 24.8 Å². The van der Waals surface area contributed by atoms with Crippen molar-refractivity contribution in [2.75, 3.05) is 0 Å². The fraction of sp³-hybridized carbons (Fsp3) is 0.364. The number of aryl methyl sites for hydroxylation is 1. The molecule has 1 aliphatic heterocycles. The minimum Gasteiger partial charge on any atom is -0.489 e. The molecule has 2 heterocycles. The number of nitrogens with one attached hydrogen (secondary N) is 1. The van der Waals surface area contributed by atoms with E-state index in [1.54, 1.807) is 0 Å². The predicted molar refractivity (Wildman–Crippen MR) is 110 cm³/mol. The van der Waals surface area contributed by atoms with E-state index < -0.39 is 0 Å². The van der Waals surface area contributed by atoms with Crippen LogP contribution in [0.15, 0.2) is 48.5 Å². The Morgan fingerprint density at radius 2 is 1.93 bits per heavy atom. The van der Waals surface area contributed by atoms with Crippen molar-refractivity contribution < 1.29 is 4.74 Å². The molecule has 0 spiro atoms. The van der Waals surface area contributed by atoms with Crippen LogP contribution in [0.4, 0.5) is 0 Å². The van der Waals surface area contributed by atoms with Gasteiger partial charge in [0.1, 0.15) is 24.0 Å².